The lowest BCUT2D eigenvalue weighted by molar-refractivity contribution is 0.0952. The zero-order valence-corrected chi connectivity index (χ0v) is 18.2. The largest absolute Gasteiger partial charge is 0.369 e. The number of pyridine rings is 1. The number of hydrogen-bond donors (Lipinski definition) is 1. The number of benzene rings is 1. The van der Waals surface area contributed by atoms with Crippen LogP contribution in [0.5, 0.6) is 0 Å². The Kier molecular flexibility index (Phi) is 6.30. The van der Waals surface area contributed by atoms with Crippen LogP contribution in [-0.4, -0.2) is 49.8 Å². The second kappa shape index (κ2) is 9.13. The number of aromatic nitrogens is 1. The summed E-state index contributed by atoms with van der Waals surface area (Å²) >= 11 is 1.10. The molecule has 0 unspecified atom stereocenters. The summed E-state index contributed by atoms with van der Waals surface area (Å²) in [5, 5.41) is 4.37. The van der Waals surface area contributed by atoms with Crippen LogP contribution in [0.4, 0.5) is 10.1 Å². The molecule has 0 bridgehead atoms. The van der Waals surface area contributed by atoms with Gasteiger partial charge in [0.2, 0.25) is 10.0 Å². The smallest absolute Gasteiger partial charge is 0.263 e. The molecule has 0 atom stereocenters. The summed E-state index contributed by atoms with van der Waals surface area (Å²) < 4.78 is 41.0. The predicted octanol–water partition coefficient (Wildman–Crippen LogP) is 2.72. The van der Waals surface area contributed by atoms with Crippen LogP contribution in [-0.2, 0) is 16.6 Å². The Morgan fingerprint density at radius 3 is 2.52 bits per heavy atom. The van der Waals surface area contributed by atoms with Crippen molar-refractivity contribution in [3.63, 3.8) is 0 Å². The van der Waals surface area contributed by atoms with Gasteiger partial charge in [0.25, 0.3) is 5.91 Å². The topological polar surface area (TPSA) is 82.6 Å². The monoisotopic (exact) mass is 460 g/mol. The first-order chi connectivity index (χ1) is 14.9. The van der Waals surface area contributed by atoms with Crippen molar-refractivity contribution >= 4 is 33.0 Å². The van der Waals surface area contributed by atoms with Crippen molar-refractivity contribution in [2.24, 2.45) is 0 Å². The molecule has 7 nitrogen and oxygen atoms in total. The summed E-state index contributed by atoms with van der Waals surface area (Å²) in [5.74, 6) is -0.737. The maximum atomic E-state index is 13.2. The zero-order chi connectivity index (χ0) is 21.8. The molecule has 0 spiro atoms. The number of carbonyl (C=O) groups excluding carboxylic acids is 1. The summed E-state index contributed by atoms with van der Waals surface area (Å²) in [5.41, 5.74) is 1.68. The third kappa shape index (κ3) is 4.76. The number of anilines is 1. The third-order valence-electron chi connectivity index (χ3n) is 5.06. The molecule has 1 aromatic carbocycles. The molecule has 1 saturated heterocycles. The quantitative estimate of drug-likeness (QED) is 0.612. The van der Waals surface area contributed by atoms with Crippen LogP contribution in [0.2, 0.25) is 0 Å². The zero-order valence-electron chi connectivity index (χ0n) is 16.6. The first-order valence-corrected chi connectivity index (χ1v) is 12.0. The second-order valence-corrected chi connectivity index (χ2v) is 9.85. The Bertz CT molecular complexity index is 1140. The lowest BCUT2D eigenvalue weighted by Crippen LogP contribution is -2.48. The summed E-state index contributed by atoms with van der Waals surface area (Å²) in [6.45, 7) is 1.80. The van der Waals surface area contributed by atoms with Gasteiger partial charge in [-0.2, -0.15) is 4.31 Å². The van der Waals surface area contributed by atoms with Gasteiger partial charge in [0, 0.05) is 50.8 Å². The Hall–Kier alpha value is -2.82. The SMILES string of the molecule is O=C(NCc1cccnc1)c1sccc1S(=O)(=O)N1CCN(c2ccc(F)cc2)CC1. The van der Waals surface area contributed by atoms with Crippen LogP contribution in [0, 0.1) is 5.82 Å². The molecule has 3 heterocycles. The van der Waals surface area contributed by atoms with Gasteiger partial charge in [0.1, 0.15) is 15.6 Å². The van der Waals surface area contributed by atoms with Crippen LogP contribution >= 0.6 is 11.3 Å². The van der Waals surface area contributed by atoms with Crippen LogP contribution in [0.1, 0.15) is 15.2 Å². The number of thiophene rings is 1. The first kappa shape index (κ1) is 21.4. The maximum Gasteiger partial charge on any atom is 0.263 e. The molecule has 0 aliphatic carbocycles. The van der Waals surface area contributed by atoms with Crippen LogP contribution in [0.3, 0.4) is 0 Å². The molecule has 1 N–H and O–H groups in total. The number of nitrogens with one attached hydrogen (secondary N) is 1. The molecule has 3 aromatic rings. The number of rotatable bonds is 6. The van der Waals surface area contributed by atoms with Gasteiger partial charge in [-0.05, 0) is 47.3 Å². The number of piperazine rings is 1. The Labute approximate surface area is 184 Å². The lowest BCUT2D eigenvalue weighted by atomic mass is 10.2. The fraction of sp³-hybridized carbons (Fsp3) is 0.238. The van der Waals surface area contributed by atoms with E-state index in [9.17, 15) is 17.6 Å². The third-order valence-corrected chi connectivity index (χ3v) is 8.04. The average molecular weight is 461 g/mol. The van der Waals surface area contributed by atoms with Gasteiger partial charge in [-0.3, -0.25) is 9.78 Å². The molecule has 1 fully saturated rings. The molecule has 1 aliphatic rings. The maximum absolute atomic E-state index is 13.2. The van der Waals surface area contributed by atoms with E-state index >= 15 is 0 Å². The minimum Gasteiger partial charge on any atom is -0.369 e. The molecular formula is C21H21FN4O3S2. The van der Waals surface area contributed by atoms with Gasteiger partial charge < -0.3 is 10.2 Å². The minimum absolute atomic E-state index is 0.0245. The highest BCUT2D eigenvalue weighted by molar-refractivity contribution is 7.89. The molecular weight excluding hydrogens is 439 g/mol. The van der Waals surface area contributed by atoms with E-state index < -0.39 is 15.9 Å². The highest BCUT2D eigenvalue weighted by atomic mass is 32.2. The molecule has 1 amide bonds. The molecule has 4 rings (SSSR count). The van der Waals surface area contributed by atoms with Crippen LogP contribution < -0.4 is 10.2 Å². The summed E-state index contributed by atoms with van der Waals surface area (Å²) in [6.07, 6.45) is 3.29. The first-order valence-electron chi connectivity index (χ1n) is 9.70. The van der Waals surface area contributed by atoms with Crippen molar-refractivity contribution in [3.8, 4) is 0 Å². The van der Waals surface area contributed by atoms with E-state index in [1.54, 1.807) is 36.0 Å². The van der Waals surface area contributed by atoms with Gasteiger partial charge in [0.15, 0.2) is 0 Å². The van der Waals surface area contributed by atoms with E-state index in [2.05, 4.69) is 10.3 Å². The van der Waals surface area contributed by atoms with Crippen molar-refractivity contribution in [2.75, 3.05) is 31.1 Å². The second-order valence-electron chi connectivity index (χ2n) is 7.03. The summed E-state index contributed by atoms with van der Waals surface area (Å²) in [4.78, 5) is 18.9. The molecule has 0 radical (unpaired) electrons. The van der Waals surface area contributed by atoms with Gasteiger partial charge in [-0.15, -0.1) is 11.3 Å². The fourth-order valence-corrected chi connectivity index (χ4v) is 6.15. The number of amides is 1. The van der Waals surface area contributed by atoms with Crippen molar-refractivity contribution in [3.05, 3.63) is 76.5 Å². The summed E-state index contributed by atoms with van der Waals surface area (Å²) in [6, 6.07) is 11.2. The molecule has 162 valence electrons. The van der Waals surface area contributed by atoms with E-state index in [0.29, 0.717) is 13.1 Å². The van der Waals surface area contributed by atoms with Gasteiger partial charge in [0.05, 0.1) is 0 Å². The number of halogens is 1. The number of sulfonamides is 1. The Balaban J connectivity index is 1.43. The van der Waals surface area contributed by atoms with Crippen molar-refractivity contribution < 1.29 is 17.6 Å². The molecule has 31 heavy (non-hydrogen) atoms. The average Bonchev–Trinajstić information content (AvgIpc) is 3.30. The van der Waals surface area contributed by atoms with Crippen molar-refractivity contribution in [1.29, 1.82) is 0 Å². The fourth-order valence-electron chi connectivity index (χ4n) is 3.41. The van der Waals surface area contributed by atoms with E-state index in [-0.39, 0.29) is 35.2 Å². The molecule has 0 saturated carbocycles. The minimum atomic E-state index is -3.81. The number of nitrogens with zero attached hydrogens (tertiary/aromatic N) is 3. The standard InChI is InChI=1S/C21H21FN4O3S2/c22-17-3-5-18(6-4-17)25-9-11-26(12-10-25)31(28,29)19-7-13-30-20(19)21(27)24-15-16-2-1-8-23-14-16/h1-8,13-14H,9-12,15H2,(H,24,27). The normalized spacial score (nSPS) is 15.1. The highest BCUT2D eigenvalue weighted by Crippen LogP contribution is 2.27. The van der Waals surface area contributed by atoms with Crippen LogP contribution in [0.25, 0.3) is 0 Å². The van der Waals surface area contributed by atoms with Gasteiger partial charge in [-0.1, -0.05) is 6.07 Å². The number of hydrogen-bond acceptors (Lipinski definition) is 6. The molecule has 10 heteroatoms. The van der Waals surface area contributed by atoms with E-state index in [0.717, 1.165) is 22.6 Å². The highest BCUT2D eigenvalue weighted by Gasteiger charge is 2.32. The predicted molar refractivity (Wildman–Crippen MR) is 117 cm³/mol. The lowest BCUT2D eigenvalue weighted by Gasteiger charge is -2.35. The van der Waals surface area contributed by atoms with Crippen molar-refractivity contribution in [2.45, 2.75) is 11.4 Å². The van der Waals surface area contributed by atoms with Gasteiger partial charge >= 0.3 is 0 Å². The van der Waals surface area contributed by atoms with E-state index in [1.165, 1.54) is 22.5 Å². The molecule has 1 aliphatic heterocycles. The summed E-state index contributed by atoms with van der Waals surface area (Å²) in [7, 11) is -3.81. The van der Waals surface area contributed by atoms with Crippen LogP contribution in [0.15, 0.2) is 65.1 Å². The number of carbonyl (C=O) groups is 1. The van der Waals surface area contributed by atoms with Crippen molar-refractivity contribution in [1.82, 2.24) is 14.6 Å². The van der Waals surface area contributed by atoms with Gasteiger partial charge in [-0.25, -0.2) is 12.8 Å². The van der Waals surface area contributed by atoms with E-state index in [1.807, 2.05) is 11.0 Å². The Morgan fingerprint density at radius 2 is 1.84 bits per heavy atom. The van der Waals surface area contributed by atoms with E-state index in [4.69, 9.17) is 0 Å². The molecule has 2 aromatic heterocycles. The Morgan fingerprint density at radius 1 is 1.10 bits per heavy atom.